The largest absolute Gasteiger partial charge is 0.396 e. The van der Waals surface area contributed by atoms with E-state index < -0.39 is 0 Å². The third kappa shape index (κ3) is 5.28. The second-order valence-corrected chi connectivity index (χ2v) is 4.89. The Hall–Kier alpha value is -0.120. The Labute approximate surface area is 100 Å². The summed E-state index contributed by atoms with van der Waals surface area (Å²) in [5, 5.41) is 12.6. The first kappa shape index (κ1) is 13.9. The van der Waals surface area contributed by atoms with Crippen molar-refractivity contribution in [3.63, 3.8) is 0 Å². The highest BCUT2D eigenvalue weighted by molar-refractivity contribution is 4.86. The molecule has 96 valence electrons. The average Bonchev–Trinajstić information content (AvgIpc) is 3.09. The number of hydrogen-bond acceptors (Lipinski definition) is 3. The fourth-order valence-corrected chi connectivity index (χ4v) is 2.20. The first-order valence-electron chi connectivity index (χ1n) is 6.90. The molecule has 0 aliphatic heterocycles. The molecule has 0 spiro atoms. The van der Waals surface area contributed by atoms with Crippen molar-refractivity contribution in [3.05, 3.63) is 0 Å². The van der Waals surface area contributed by atoms with E-state index in [2.05, 4.69) is 24.1 Å². The summed E-state index contributed by atoms with van der Waals surface area (Å²) in [6, 6.07) is 1.31. The highest BCUT2D eigenvalue weighted by Gasteiger charge is 2.29. The summed E-state index contributed by atoms with van der Waals surface area (Å²) in [7, 11) is 0. The van der Waals surface area contributed by atoms with Crippen LogP contribution in [0.1, 0.15) is 46.0 Å². The lowest BCUT2D eigenvalue weighted by Crippen LogP contribution is -2.43. The summed E-state index contributed by atoms with van der Waals surface area (Å²) < 4.78 is 0. The third-order valence-corrected chi connectivity index (χ3v) is 3.19. The van der Waals surface area contributed by atoms with Crippen LogP contribution in [0.15, 0.2) is 0 Å². The van der Waals surface area contributed by atoms with Crippen molar-refractivity contribution in [3.8, 4) is 0 Å². The van der Waals surface area contributed by atoms with Crippen molar-refractivity contribution < 1.29 is 5.11 Å². The molecule has 1 unspecified atom stereocenters. The van der Waals surface area contributed by atoms with E-state index >= 15 is 0 Å². The maximum Gasteiger partial charge on any atom is 0.0446 e. The summed E-state index contributed by atoms with van der Waals surface area (Å²) in [5.74, 6) is 0. The van der Waals surface area contributed by atoms with Crippen LogP contribution >= 0.6 is 0 Å². The van der Waals surface area contributed by atoms with Gasteiger partial charge >= 0.3 is 0 Å². The molecule has 16 heavy (non-hydrogen) atoms. The van der Waals surface area contributed by atoms with Gasteiger partial charge in [0.15, 0.2) is 0 Å². The predicted octanol–water partition coefficient (Wildman–Crippen LogP) is 1.61. The van der Waals surface area contributed by atoms with E-state index in [4.69, 9.17) is 5.11 Å². The number of rotatable bonds is 10. The summed E-state index contributed by atoms with van der Waals surface area (Å²) in [4.78, 5) is 2.60. The zero-order valence-corrected chi connectivity index (χ0v) is 10.9. The van der Waals surface area contributed by atoms with Crippen LogP contribution < -0.4 is 5.32 Å². The van der Waals surface area contributed by atoms with Crippen LogP contribution in [-0.2, 0) is 0 Å². The average molecular weight is 228 g/mol. The van der Waals surface area contributed by atoms with Crippen molar-refractivity contribution in [2.24, 2.45) is 0 Å². The molecule has 1 aliphatic carbocycles. The number of nitrogens with zero attached hydrogens (tertiary/aromatic N) is 1. The Morgan fingerprint density at radius 3 is 2.56 bits per heavy atom. The maximum absolute atomic E-state index is 9.07. The van der Waals surface area contributed by atoms with E-state index in [-0.39, 0.29) is 0 Å². The molecule has 0 saturated heterocycles. The molecule has 1 rings (SSSR count). The summed E-state index contributed by atoms with van der Waals surface area (Å²) in [5.41, 5.74) is 0. The van der Waals surface area contributed by atoms with E-state index in [0.29, 0.717) is 12.6 Å². The van der Waals surface area contributed by atoms with Gasteiger partial charge < -0.3 is 10.4 Å². The van der Waals surface area contributed by atoms with E-state index in [1.54, 1.807) is 0 Å². The lowest BCUT2D eigenvalue weighted by molar-refractivity contribution is 0.201. The van der Waals surface area contributed by atoms with Crippen LogP contribution in [0.5, 0.6) is 0 Å². The first-order valence-corrected chi connectivity index (χ1v) is 6.90. The summed E-state index contributed by atoms with van der Waals surface area (Å²) in [6.07, 6.45) is 6.03. The Morgan fingerprint density at radius 1 is 1.31 bits per heavy atom. The van der Waals surface area contributed by atoms with Gasteiger partial charge in [-0.3, -0.25) is 4.90 Å². The van der Waals surface area contributed by atoms with Crippen molar-refractivity contribution in [1.29, 1.82) is 0 Å². The first-order chi connectivity index (χ1) is 7.81. The fraction of sp³-hybridized carbons (Fsp3) is 1.00. The molecule has 1 fully saturated rings. The molecule has 0 amide bonds. The Morgan fingerprint density at radius 2 is 2.06 bits per heavy atom. The second-order valence-electron chi connectivity index (χ2n) is 4.89. The molecular weight excluding hydrogens is 200 g/mol. The molecule has 0 heterocycles. The van der Waals surface area contributed by atoms with E-state index in [9.17, 15) is 0 Å². The monoisotopic (exact) mass is 228 g/mol. The minimum atomic E-state index is 0.298. The van der Waals surface area contributed by atoms with E-state index in [1.807, 2.05) is 0 Å². The summed E-state index contributed by atoms with van der Waals surface area (Å²) in [6.45, 7) is 8.12. The van der Waals surface area contributed by atoms with Gasteiger partial charge in [-0.15, -0.1) is 0 Å². The molecule has 1 atom stereocenters. The van der Waals surface area contributed by atoms with Gasteiger partial charge in [-0.1, -0.05) is 13.8 Å². The van der Waals surface area contributed by atoms with Crippen LogP contribution in [0.4, 0.5) is 0 Å². The Kier molecular flexibility index (Phi) is 7.01. The molecule has 1 aliphatic rings. The standard InChI is InChI=1S/C13H28N2O/c1-3-8-14-12(7-10-16)11-15(9-4-2)13-5-6-13/h12-14,16H,3-11H2,1-2H3. The van der Waals surface area contributed by atoms with Crippen molar-refractivity contribution in [1.82, 2.24) is 10.2 Å². The molecule has 0 aromatic carbocycles. The lowest BCUT2D eigenvalue weighted by Gasteiger charge is -2.27. The zero-order chi connectivity index (χ0) is 11.8. The third-order valence-electron chi connectivity index (χ3n) is 3.19. The second kappa shape index (κ2) is 8.04. The smallest absolute Gasteiger partial charge is 0.0446 e. The molecule has 3 nitrogen and oxygen atoms in total. The van der Waals surface area contributed by atoms with Gasteiger partial charge in [0, 0.05) is 25.2 Å². The van der Waals surface area contributed by atoms with Gasteiger partial charge in [-0.2, -0.15) is 0 Å². The van der Waals surface area contributed by atoms with Gasteiger partial charge in [0.05, 0.1) is 0 Å². The molecular formula is C13H28N2O. The fourth-order valence-electron chi connectivity index (χ4n) is 2.20. The number of nitrogens with one attached hydrogen (secondary N) is 1. The van der Waals surface area contributed by atoms with Crippen LogP contribution in [0.25, 0.3) is 0 Å². The van der Waals surface area contributed by atoms with Crippen LogP contribution in [-0.4, -0.2) is 48.3 Å². The summed E-state index contributed by atoms with van der Waals surface area (Å²) >= 11 is 0. The van der Waals surface area contributed by atoms with Crippen LogP contribution in [0, 0.1) is 0 Å². The molecule has 3 heteroatoms. The lowest BCUT2D eigenvalue weighted by atomic mass is 10.2. The molecule has 0 radical (unpaired) electrons. The van der Waals surface area contributed by atoms with Gasteiger partial charge in [-0.05, 0) is 45.2 Å². The van der Waals surface area contributed by atoms with Gasteiger partial charge in [-0.25, -0.2) is 0 Å². The molecule has 1 saturated carbocycles. The highest BCUT2D eigenvalue weighted by Crippen LogP contribution is 2.27. The normalized spacial score (nSPS) is 18.0. The van der Waals surface area contributed by atoms with Gasteiger partial charge in [0.25, 0.3) is 0 Å². The SMILES string of the molecule is CCCNC(CCO)CN(CCC)C1CC1. The topological polar surface area (TPSA) is 35.5 Å². The van der Waals surface area contributed by atoms with E-state index in [0.717, 1.165) is 25.6 Å². The molecule has 0 bridgehead atoms. The van der Waals surface area contributed by atoms with E-state index in [1.165, 1.54) is 32.2 Å². The van der Waals surface area contributed by atoms with Crippen molar-refractivity contribution in [2.45, 2.75) is 58.0 Å². The van der Waals surface area contributed by atoms with Gasteiger partial charge in [0.2, 0.25) is 0 Å². The minimum Gasteiger partial charge on any atom is -0.396 e. The Balaban J connectivity index is 2.30. The van der Waals surface area contributed by atoms with Crippen LogP contribution in [0.2, 0.25) is 0 Å². The predicted molar refractivity (Wildman–Crippen MR) is 68.7 cm³/mol. The number of aliphatic hydroxyl groups is 1. The van der Waals surface area contributed by atoms with Crippen molar-refractivity contribution >= 4 is 0 Å². The highest BCUT2D eigenvalue weighted by atomic mass is 16.3. The zero-order valence-electron chi connectivity index (χ0n) is 10.9. The maximum atomic E-state index is 9.07. The van der Waals surface area contributed by atoms with Crippen LogP contribution in [0.3, 0.4) is 0 Å². The minimum absolute atomic E-state index is 0.298. The van der Waals surface area contributed by atoms with Crippen molar-refractivity contribution in [2.75, 3.05) is 26.2 Å². The molecule has 0 aromatic rings. The molecule has 0 aromatic heterocycles. The number of aliphatic hydroxyl groups excluding tert-OH is 1. The quantitative estimate of drug-likeness (QED) is 0.596. The molecule has 2 N–H and O–H groups in total. The Bertz CT molecular complexity index is 171. The number of hydrogen-bond donors (Lipinski definition) is 2. The van der Waals surface area contributed by atoms with Gasteiger partial charge in [0.1, 0.15) is 0 Å².